The quantitative estimate of drug-likeness (QED) is 0.0347. The van der Waals surface area contributed by atoms with Crippen LogP contribution in [-0.2, 0) is 52.2 Å². The average Bonchev–Trinajstić information content (AvgIpc) is 3.14. The summed E-state index contributed by atoms with van der Waals surface area (Å²) in [5, 5.41) is 0. The number of hydrogen-bond donors (Lipinski definition) is 0. The zero-order chi connectivity index (χ0) is 34.9. The van der Waals surface area contributed by atoms with Gasteiger partial charge in [0.05, 0.1) is 119 Å². The maximum absolute atomic E-state index is 11.9. The van der Waals surface area contributed by atoms with E-state index in [1.54, 1.807) is 54.6 Å². The lowest BCUT2D eigenvalue weighted by Gasteiger charge is -2.09. The Labute approximate surface area is 288 Å². The summed E-state index contributed by atoms with van der Waals surface area (Å²) >= 11 is 0. The van der Waals surface area contributed by atoms with E-state index < -0.39 is 11.8 Å². The van der Waals surface area contributed by atoms with Crippen molar-refractivity contribution in [2.24, 2.45) is 0 Å². The van der Waals surface area contributed by atoms with Gasteiger partial charge in [-0.2, -0.15) is 0 Å². The molecule has 274 valence electrons. The molecule has 14 heteroatoms. The predicted molar refractivity (Wildman–Crippen MR) is 176 cm³/mol. The zero-order valence-corrected chi connectivity index (χ0v) is 28.1. The first-order chi connectivity index (χ1) is 24.2. The number of ether oxygens (including phenoxy) is 11. The molecule has 0 saturated heterocycles. The van der Waals surface area contributed by atoms with E-state index in [1.807, 2.05) is 0 Å². The van der Waals surface area contributed by atoms with Crippen molar-refractivity contribution in [3.8, 4) is 5.75 Å². The van der Waals surface area contributed by atoms with E-state index in [1.165, 1.54) is 0 Å². The Balaban J connectivity index is 1.18. The number of carbonyl (C=O) groups excluding carboxylic acids is 3. The third-order valence-electron chi connectivity index (χ3n) is 6.17. The van der Waals surface area contributed by atoms with Crippen LogP contribution < -0.4 is 4.74 Å². The van der Waals surface area contributed by atoms with Gasteiger partial charge in [0.2, 0.25) is 0 Å². The van der Waals surface area contributed by atoms with Gasteiger partial charge in [0.15, 0.2) is 0 Å². The lowest BCUT2D eigenvalue weighted by molar-refractivity contribution is -0.139. The Morgan fingerprint density at radius 1 is 0.429 bits per heavy atom. The molecule has 0 radical (unpaired) electrons. The predicted octanol–water partition coefficient (Wildman–Crippen LogP) is 2.45. The molecule has 0 fully saturated rings. The highest BCUT2D eigenvalue weighted by atomic mass is 16.6. The number of rotatable bonds is 34. The monoisotopic (exact) mass is 694 g/mol. The SMILES string of the molecule is O=Cc1ccc(OCCOCCOCCOCCOCCOCCOCCOCCOCCOCCOC(=O)C(=O)c2ccccc2)cc1. The molecule has 0 aromatic heterocycles. The number of ketones is 1. The second kappa shape index (κ2) is 30.7. The molecule has 2 aromatic carbocycles. The first-order valence-corrected chi connectivity index (χ1v) is 16.3. The van der Waals surface area contributed by atoms with Crippen LogP contribution in [0.4, 0.5) is 0 Å². The van der Waals surface area contributed by atoms with Gasteiger partial charge in [-0.1, -0.05) is 30.3 Å². The van der Waals surface area contributed by atoms with Gasteiger partial charge in [-0.25, -0.2) is 4.79 Å². The molecule has 0 spiro atoms. The second-order valence-corrected chi connectivity index (χ2v) is 9.88. The minimum atomic E-state index is -0.901. The summed E-state index contributed by atoms with van der Waals surface area (Å²) in [5.74, 6) is -0.883. The van der Waals surface area contributed by atoms with Crippen LogP contribution in [0.25, 0.3) is 0 Å². The first-order valence-electron chi connectivity index (χ1n) is 16.3. The average molecular weight is 695 g/mol. The molecule has 2 rings (SSSR count). The minimum absolute atomic E-state index is 0.00661. The van der Waals surface area contributed by atoms with Gasteiger partial charge in [0.1, 0.15) is 25.2 Å². The molecule has 49 heavy (non-hydrogen) atoms. The van der Waals surface area contributed by atoms with Crippen LogP contribution in [0.3, 0.4) is 0 Å². The van der Waals surface area contributed by atoms with Gasteiger partial charge < -0.3 is 52.1 Å². The molecule has 0 heterocycles. The van der Waals surface area contributed by atoms with E-state index in [-0.39, 0.29) is 13.2 Å². The molecule has 0 amide bonds. The van der Waals surface area contributed by atoms with Crippen LogP contribution in [0.15, 0.2) is 54.6 Å². The summed E-state index contributed by atoms with van der Waals surface area (Å²) < 4.78 is 59.4. The van der Waals surface area contributed by atoms with Gasteiger partial charge in [0.25, 0.3) is 5.78 Å². The highest BCUT2D eigenvalue weighted by Crippen LogP contribution is 2.10. The number of esters is 1. The van der Waals surface area contributed by atoms with Gasteiger partial charge >= 0.3 is 5.97 Å². The Bertz CT molecular complexity index is 1080. The standard InChI is InChI=1S/C35H50O14/c36-30-31-6-8-33(9-7-31)48-28-26-46-24-22-44-20-18-42-16-14-40-12-10-39-11-13-41-15-17-43-19-21-45-23-25-47-27-29-49-35(38)34(37)32-4-2-1-3-5-32/h1-9,30H,10-29H2. The smallest absolute Gasteiger partial charge is 0.379 e. The summed E-state index contributed by atoms with van der Waals surface area (Å²) in [5.41, 5.74) is 0.903. The summed E-state index contributed by atoms with van der Waals surface area (Å²) in [6, 6.07) is 15.2. The van der Waals surface area contributed by atoms with Crippen molar-refractivity contribution in [2.45, 2.75) is 0 Å². The molecule has 14 nitrogen and oxygen atoms in total. The van der Waals surface area contributed by atoms with Crippen LogP contribution in [0.5, 0.6) is 5.75 Å². The van der Waals surface area contributed by atoms with Crippen molar-refractivity contribution in [3.05, 3.63) is 65.7 Å². The van der Waals surface area contributed by atoms with Crippen molar-refractivity contribution < 1.29 is 66.5 Å². The fourth-order valence-electron chi connectivity index (χ4n) is 3.69. The maximum atomic E-state index is 11.9. The van der Waals surface area contributed by atoms with E-state index >= 15 is 0 Å². The molecule has 0 N–H and O–H groups in total. The molecular weight excluding hydrogens is 644 g/mol. The first kappa shape index (κ1) is 41.9. The number of Topliss-reactive ketones (excluding diaryl/α,β-unsaturated/α-hetero) is 1. The molecule has 0 bridgehead atoms. The number of aldehydes is 1. The summed E-state index contributed by atoms with van der Waals surface area (Å²) in [6.07, 6.45) is 0.792. The van der Waals surface area contributed by atoms with Gasteiger partial charge in [0, 0.05) is 11.1 Å². The summed E-state index contributed by atoms with van der Waals surface area (Å²) in [6.45, 7) is 8.23. The molecule has 0 atom stereocenters. The van der Waals surface area contributed by atoms with Crippen molar-refractivity contribution in [1.29, 1.82) is 0 Å². The molecule has 0 aliphatic rings. The third kappa shape index (κ3) is 23.6. The summed E-state index contributed by atoms with van der Waals surface area (Å²) in [7, 11) is 0. The van der Waals surface area contributed by atoms with Crippen LogP contribution in [0, 0.1) is 0 Å². The lowest BCUT2D eigenvalue weighted by Crippen LogP contribution is -2.20. The van der Waals surface area contributed by atoms with Crippen LogP contribution in [0.2, 0.25) is 0 Å². The largest absolute Gasteiger partial charge is 0.491 e. The van der Waals surface area contributed by atoms with E-state index in [0.717, 1.165) is 6.29 Å². The maximum Gasteiger partial charge on any atom is 0.379 e. The van der Waals surface area contributed by atoms with E-state index in [2.05, 4.69) is 0 Å². The van der Waals surface area contributed by atoms with Crippen molar-refractivity contribution in [3.63, 3.8) is 0 Å². The highest BCUT2D eigenvalue weighted by Gasteiger charge is 2.17. The van der Waals surface area contributed by atoms with Crippen molar-refractivity contribution in [2.75, 3.05) is 132 Å². The molecule has 0 unspecified atom stereocenters. The van der Waals surface area contributed by atoms with Crippen LogP contribution >= 0.6 is 0 Å². The fourth-order valence-corrected chi connectivity index (χ4v) is 3.69. The number of carbonyl (C=O) groups is 3. The van der Waals surface area contributed by atoms with Crippen LogP contribution in [0.1, 0.15) is 20.7 Å². The Morgan fingerprint density at radius 3 is 1.14 bits per heavy atom. The van der Waals surface area contributed by atoms with Crippen LogP contribution in [-0.4, -0.2) is 150 Å². The highest BCUT2D eigenvalue weighted by molar-refractivity contribution is 6.40. The molecule has 0 aliphatic carbocycles. The molecule has 0 aliphatic heterocycles. The third-order valence-corrected chi connectivity index (χ3v) is 6.17. The molecular formula is C35H50O14. The van der Waals surface area contributed by atoms with E-state index in [0.29, 0.717) is 136 Å². The summed E-state index contributed by atoms with van der Waals surface area (Å²) in [4.78, 5) is 34.3. The second-order valence-electron chi connectivity index (χ2n) is 9.88. The topological polar surface area (TPSA) is 153 Å². The Morgan fingerprint density at radius 2 is 0.776 bits per heavy atom. The zero-order valence-electron chi connectivity index (χ0n) is 28.1. The molecule has 2 aromatic rings. The van der Waals surface area contributed by atoms with E-state index in [9.17, 15) is 14.4 Å². The normalized spacial score (nSPS) is 11.0. The molecule has 0 saturated carbocycles. The number of benzene rings is 2. The van der Waals surface area contributed by atoms with Gasteiger partial charge in [-0.15, -0.1) is 0 Å². The number of hydrogen-bond acceptors (Lipinski definition) is 14. The Hall–Kier alpha value is -3.31. The minimum Gasteiger partial charge on any atom is -0.491 e. The van der Waals surface area contributed by atoms with Gasteiger partial charge in [-0.3, -0.25) is 9.59 Å². The fraction of sp³-hybridized carbons (Fsp3) is 0.571. The lowest BCUT2D eigenvalue weighted by atomic mass is 10.1. The van der Waals surface area contributed by atoms with Crippen molar-refractivity contribution in [1.82, 2.24) is 0 Å². The Kier molecular flexibility index (Phi) is 26.2. The van der Waals surface area contributed by atoms with Crippen molar-refractivity contribution >= 4 is 18.0 Å². The van der Waals surface area contributed by atoms with Gasteiger partial charge in [-0.05, 0) is 24.3 Å². The van der Waals surface area contributed by atoms with E-state index in [4.69, 9.17) is 52.1 Å².